The van der Waals surface area contributed by atoms with E-state index in [0.717, 1.165) is 0 Å². The normalized spacial score (nSPS) is 10.0. The Morgan fingerprint density at radius 2 is 0.500 bits per heavy atom. The highest BCUT2D eigenvalue weighted by Gasteiger charge is 1.90. The average molecular weight is 257 g/mol. The highest BCUT2D eigenvalue weighted by Crippen LogP contribution is 2.10. The van der Waals surface area contributed by atoms with Crippen LogP contribution in [0.15, 0.2) is 0 Å². The molecule has 0 unspecified atom stereocenters. The van der Waals surface area contributed by atoms with E-state index in [9.17, 15) is 0 Å². The van der Waals surface area contributed by atoms with Gasteiger partial charge in [-0.15, -0.1) is 0 Å². The minimum absolute atomic E-state index is 1.34. The minimum Gasteiger partial charge on any atom is -0.0654 e. The maximum atomic E-state index is 2.28. The molecular formula is C18H40. The molecule has 0 aliphatic carbocycles. The Balaban J connectivity index is 0. The van der Waals surface area contributed by atoms with Crippen molar-refractivity contribution in [2.75, 3.05) is 0 Å². The summed E-state index contributed by atoms with van der Waals surface area (Å²) >= 11 is 0. The Morgan fingerprint density at radius 1 is 0.278 bits per heavy atom. The number of unbranched alkanes of at least 4 members (excludes halogenated alkanes) is 12. The molecule has 0 aliphatic heterocycles. The Kier molecular flexibility index (Phi) is 25.1. The molecule has 0 saturated heterocycles. The van der Waals surface area contributed by atoms with Crippen LogP contribution in [0, 0.1) is 0 Å². The third kappa shape index (κ3) is 25.0. The molecular weight excluding hydrogens is 216 g/mol. The second-order valence-electron chi connectivity index (χ2n) is 5.54. The lowest BCUT2D eigenvalue weighted by Gasteiger charge is -2.00. The third-order valence-corrected chi connectivity index (χ3v) is 3.41. The van der Waals surface area contributed by atoms with Gasteiger partial charge in [0.15, 0.2) is 0 Å². The number of hydrogen-bond donors (Lipinski definition) is 0. The summed E-state index contributed by atoms with van der Waals surface area (Å²) in [5.74, 6) is 0. The molecule has 0 atom stereocenters. The highest BCUT2D eigenvalue weighted by atomic mass is 14.0. The van der Waals surface area contributed by atoms with Gasteiger partial charge < -0.3 is 0 Å². The van der Waals surface area contributed by atoms with Crippen molar-refractivity contribution >= 4 is 0 Å². The van der Waals surface area contributed by atoms with Crippen LogP contribution in [-0.2, 0) is 0 Å². The first-order valence-corrected chi connectivity index (χ1v) is 8.83. The maximum Gasteiger partial charge on any atom is -0.0533 e. The highest BCUT2D eigenvalue weighted by molar-refractivity contribution is 4.46. The first kappa shape index (κ1) is 20.3. The lowest BCUT2D eigenvalue weighted by Crippen LogP contribution is -1.80. The third-order valence-electron chi connectivity index (χ3n) is 3.41. The smallest absolute Gasteiger partial charge is 0.0533 e. The lowest BCUT2D eigenvalue weighted by molar-refractivity contribution is 0.554. The van der Waals surface area contributed by atoms with Gasteiger partial charge in [0.05, 0.1) is 0 Å². The van der Waals surface area contributed by atoms with Crippen molar-refractivity contribution < 1.29 is 0 Å². The van der Waals surface area contributed by atoms with E-state index in [2.05, 4.69) is 27.7 Å². The second-order valence-corrected chi connectivity index (χ2v) is 5.54. The van der Waals surface area contributed by atoms with E-state index in [1.807, 2.05) is 0 Å². The van der Waals surface area contributed by atoms with Gasteiger partial charge in [-0.1, -0.05) is 118 Å². The molecule has 18 heavy (non-hydrogen) atoms. The number of hydrogen-bond acceptors (Lipinski definition) is 0. The Bertz CT molecular complexity index is 94.6. The fourth-order valence-electron chi connectivity index (χ4n) is 2.09. The van der Waals surface area contributed by atoms with Gasteiger partial charge in [0.2, 0.25) is 0 Å². The maximum absolute atomic E-state index is 2.28. The molecule has 0 rings (SSSR count). The van der Waals surface area contributed by atoms with Gasteiger partial charge in [-0.3, -0.25) is 0 Å². The molecule has 0 fully saturated rings. The Hall–Kier alpha value is 0. The summed E-state index contributed by atoms with van der Waals surface area (Å²) in [4.78, 5) is 0. The summed E-state index contributed by atoms with van der Waals surface area (Å²) in [6, 6.07) is 0. The predicted molar refractivity (Wildman–Crippen MR) is 87.3 cm³/mol. The molecule has 0 nitrogen and oxygen atoms in total. The summed E-state index contributed by atoms with van der Waals surface area (Å²) in [5.41, 5.74) is 0. The molecule has 0 bridgehead atoms. The zero-order chi connectivity index (χ0) is 13.9. The van der Waals surface area contributed by atoms with Crippen molar-refractivity contribution in [1.29, 1.82) is 0 Å². The molecule has 0 heteroatoms. The van der Waals surface area contributed by atoms with E-state index in [-0.39, 0.29) is 0 Å². The molecule has 0 aliphatic rings. The van der Waals surface area contributed by atoms with E-state index in [4.69, 9.17) is 0 Å². The van der Waals surface area contributed by atoms with Crippen molar-refractivity contribution in [2.24, 2.45) is 0 Å². The van der Waals surface area contributed by atoms with Crippen molar-refractivity contribution in [3.8, 4) is 0 Å². The Morgan fingerprint density at radius 3 is 0.667 bits per heavy atom. The van der Waals surface area contributed by atoms with Crippen LogP contribution < -0.4 is 0 Å². The van der Waals surface area contributed by atoms with Crippen LogP contribution in [0.25, 0.3) is 0 Å². The van der Waals surface area contributed by atoms with E-state index >= 15 is 0 Å². The zero-order valence-electron chi connectivity index (χ0n) is 13.9. The van der Waals surface area contributed by atoms with Crippen LogP contribution in [-0.4, -0.2) is 0 Å². The first-order valence-electron chi connectivity index (χ1n) is 8.83. The van der Waals surface area contributed by atoms with Crippen LogP contribution in [0.2, 0.25) is 0 Å². The monoisotopic (exact) mass is 256 g/mol. The minimum atomic E-state index is 1.34. The van der Waals surface area contributed by atoms with E-state index < -0.39 is 0 Å². The summed E-state index contributed by atoms with van der Waals surface area (Å²) in [6.07, 6.45) is 20.0. The standard InChI is InChI=1S/C13H28.C5H12/c1-3-5-7-9-11-13-12-10-8-6-4-2;1-3-5-4-2/h3-13H2,1-2H3;3-5H2,1-2H3. The van der Waals surface area contributed by atoms with Gasteiger partial charge >= 0.3 is 0 Å². The second kappa shape index (κ2) is 22.2. The summed E-state index contributed by atoms with van der Waals surface area (Å²) < 4.78 is 0. The van der Waals surface area contributed by atoms with Gasteiger partial charge in [0.25, 0.3) is 0 Å². The van der Waals surface area contributed by atoms with Crippen LogP contribution >= 0.6 is 0 Å². The van der Waals surface area contributed by atoms with Crippen LogP contribution in [0.1, 0.15) is 118 Å². The van der Waals surface area contributed by atoms with Crippen LogP contribution in [0.3, 0.4) is 0 Å². The van der Waals surface area contributed by atoms with Crippen molar-refractivity contribution in [2.45, 2.75) is 118 Å². The van der Waals surface area contributed by atoms with Crippen LogP contribution in [0.5, 0.6) is 0 Å². The topological polar surface area (TPSA) is 0 Å². The Labute approximate surface area is 118 Å². The molecule has 0 amide bonds. The molecule has 0 aromatic heterocycles. The first-order chi connectivity index (χ1) is 8.83. The van der Waals surface area contributed by atoms with Crippen molar-refractivity contribution in [3.05, 3.63) is 0 Å². The molecule has 112 valence electrons. The summed E-state index contributed by atoms with van der Waals surface area (Å²) in [7, 11) is 0. The predicted octanol–water partition coefficient (Wildman–Crippen LogP) is 7.51. The van der Waals surface area contributed by atoms with Gasteiger partial charge in [-0.2, -0.15) is 0 Å². The molecule has 0 radical (unpaired) electrons. The molecule has 0 aromatic carbocycles. The summed E-state index contributed by atoms with van der Waals surface area (Å²) in [6.45, 7) is 8.99. The van der Waals surface area contributed by atoms with Crippen LogP contribution in [0.4, 0.5) is 0 Å². The molecule has 0 saturated carbocycles. The molecule has 0 N–H and O–H groups in total. The van der Waals surface area contributed by atoms with E-state index in [0.29, 0.717) is 0 Å². The lowest BCUT2D eigenvalue weighted by atomic mass is 10.1. The fraction of sp³-hybridized carbons (Fsp3) is 1.00. The molecule has 0 heterocycles. The van der Waals surface area contributed by atoms with E-state index in [1.165, 1.54) is 89.9 Å². The van der Waals surface area contributed by atoms with Gasteiger partial charge in [-0.05, 0) is 0 Å². The summed E-state index contributed by atoms with van der Waals surface area (Å²) in [5, 5.41) is 0. The molecule has 0 spiro atoms. The quantitative estimate of drug-likeness (QED) is 0.317. The average Bonchev–Trinajstić information content (AvgIpc) is 2.39. The van der Waals surface area contributed by atoms with E-state index in [1.54, 1.807) is 0 Å². The fourth-order valence-corrected chi connectivity index (χ4v) is 2.09. The van der Waals surface area contributed by atoms with Gasteiger partial charge in [0, 0.05) is 0 Å². The zero-order valence-corrected chi connectivity index (χ0v) is 13.9. The SMILES string of the molecule is CCCCC.CCCCCCCCCCCCC. The van der Waals surface area contributed by atoms with Crippen molar-refractivity contribution in [3.63, 3.8) is 0 Å². The van der Waals surface area contributed by atoms with Crippen molar-refractivity contribution in [1.82, 2.24) is 0 Å². The van der Waals surface area contributed by atoms with Gasteiger partial charge in [0.1, 0.15) is 0 Å². The largest absolute Gasteiger partial charge is 0.0654 e. The molecule has 0 aromatic rings. The van der Waals surface area contributed by atoms with Gasteiger partial charge in [-0.25, -0.2) is 0 Å². The number of rotatable bonds is 12.